The molecular formula is C14H19BrN2O2. The third kappa shape index (κ3) is 3.35. The van der Waals surface area contributed by atoms with Gasteiger partial charge in [0, 0.05) is 11.0 Å². The molecule has 1 aliphatic rings. The highest BCUT2D eigenvalue weighted by Gasteiger charge is 2.28. The second-order valence-electron chi connectivity index (χ2n) is 4.68. The Hall–Kier alpha value is -0.910. The summed E-state index contributed by atoms with van der Waals surface area (Å²) in [6, 6.07) is 7.53. The minimum absolute atomic E-state index is 0.0165. The molecule has 1 aliphatic heterocycles. The van der Waals surface area contributed by atoms with Crippen molar-refractivity contribution in [3.63, 3.8) is 0 Å². The van der Waals surface area contributed by atoms with Crippen LogP contribution >= 0.6 is 15.9 Å². The molecule has 104 valence electrons. The fraction of sp³-hybridized carbons (Fsp3) is 0.500. The van der Waals surface area contributed by atoms with Crippen molar-refractivity contribution >= 4 is 21.8 Å². The van der Waals surface area contributed by atoms with Gasteiger partial charge in [-0.1, -0.05) is 41.1 Å². The zero-order valence-electron chi connectivity index (χ0n) is 11.0. The molecule has 1 aromatic rings. The van der Waals surface area contributed by atoms with Gasteiger partial charge in [-0.15, -0.1) is 0 Å². The van der Waals surface area contributed by atoms with Crippen molar-refractivity contribution in [2.45, 2.75) is 25.5 Å². The molecule has 0 aliphatic carbocycles. The highest BCUT2D eigenvalue weighted by Crippen LogP contribution is 2.28. The molecule has 1 aromatic carbocycles. The van der Waals surface area contributed by atoms with Gasteiger partial charge in [0.15, 0.2) is 0 Å². The molecule has 2 rings (SSSR count). The van der Waals surface area contributed by atoms with E-state index in [4.69, 9.17) is 10.5 Å². The topological polar surface area (TPSA) is 55.6 Å². The Morgan fingerprint density at radius 3 is 3.00 bits per heavy atom. The summed E-state index contributed by atoms with van der Waals surface area (Å²) in [6.07, 6.45) is 0.577. The monoisotopic (exact) mass is 326 g/mol. The van der Waals surface area contributed by atoms with Crippen LogP contribution in [0.4, 0.5) is 0 Å². The van der Waals surface area contributed by atoms with E-state index in [0.717, 1.165) is 10.0 Å². The van der Waals surface area contributed by atoms with E-state index in [1.807, 2.05) is 36.1 Å². The van der Waals surface area contributed by atoms with Crippen LogP contribution in [-0.4, -0.2) is 36.5 Å². The van der Waals surface area contributed by atoms with Crippen molar-refractivity contribution in [1.29, 1.82) is 0 Å². The number of amides is 1. The van der Waals surface area contributed by atoms with Gasteiger partial charge in [0.25, 0.3) is 0 Å². The molecule has 19 heavy (non-hydrogen) atoms. The van der Waals surface area contributed by atoms with E-state index in [9.17, 15) is 4.79 Å². The molecule has 0 saturated carbocycles. The van der Waals surface area contributed by atoms with Gasteiger partial charge in [-0.05, 0) is 18.1 Å². The van der Waals surface area contributed by atoms with Crippen LogP contribution < -0.4 is 5.73 Å². The summed E-state index contributed by atoms with van der Waals surface area (Å²) < 4.78 is 6.78. The van der Waals surface area contributed by atoms with E-state index in [1.165, 1.54) is 0 Å². The van der Waals surface area contributed by atoms with Crippen molar-refractivity contribution in [1.82, 2.24) is 4.90 Å². The predicted molar refractivity (Wildman–Crippen MR) is 77.7 cm³/mol. The van der Waals surface area contributed by atoms with Crippen LogP contribution in [0.2, 0.25) is 0 Å². The number of ether oxygens (including phenoxy) is 1. The first kappa shape index (κ1) is 14.5. The first-order chi connectivity index (χ1) is 9.13. The lowest BCUT2D eigenvalue weighted by Gasteiger charge is -2.34. The molecule has 2 N–H and O–H groups in total. The number of carbonyl (C=O) groups excluding carboxylic acids is 1. The zero-order valence-corrected chi connectivity index (χ0v) is 12.6. The first-order valence-corrected chi connectivity index (χ1v) is 7.33. The van der Waals surface area contributed by atoms with E-state index in [-0.39, 0.29) is 12.0 Å². The van der Waals surface area contributed by atoms with Crippen LogP contribution in [0.15, 0.2) is 28.7 Å². The highest BCUT2D eigenvalue weighted by molar-refractivity contribution is 9.10. The van der Waals surface area contributed by atoms with Gasteiger partial charge in [0.05, 0.1) is 19.2 Å². The number of benzene rings is 1. The number of morpholine rings is 1. The molecule has 0 spiro atoms. The second kappa shape index (κ2) is 6.50. The molecule has 1 amide bonds. The highest BCUT2D eigenvalue weighted by atomic mass is 79.9. The van der Waals surface area contributed by atoms with Gasteiger partial charge in [-0.25, -0.2) is 0 Å². The number of nitrogens with zero attached hydrogens (tertiary/aromatic N) is 1. The smallest absolute Gasteiger partial charge is 0.239 e. The normalized spacial score (nSPS) is 21.2. The van der Waals surface area contributed by atoms with Crippen LogP contribution in [-0.2, 0) is 9.53 Å². The van der Waals surface area contributed by atoms with Gasteiger partial charge in [0.1, 0.15) is 6.10 Å². The Kier molecular flexibility index (Phi) is 4.96. The van der Waals surface area contributed by atoms with E-state index < -0.39 is 6.04 Å². The maximum absolute atomic E-state index is 12.1. The van der Waals surface area contributed by atoms with Gasteiger partial charge in [-0.3, -0.25) is 4.79 Å². The molecule has 2 atom stereocenters. The van der Waals surface area contributed by atoms with E-state index in [2.05, 4.69) is 15.9 Å². The molecule has 0 bridgehead atoms. The Morgan fingerprint density at radius 1 is 1.58 bits per heavy atom. The predicted octanol–water partition coefficient (Wildman–Crippen LogP) is 2.09. The molecule has 1 heterocycles. The van der Waals surface area contributed by atoms with Crippen LogP contribution in [0.25, 0.3) is 0 Å². The summed E-state index contributed by atoms with van der Waals surface area (Å²) in [5, 5.41) is 0. The van der Waals surface area contributed by atoms with Crippen molar-refractivity contribution in [3.8, 4) is 0 Å². The lowest BCUT2D eigenvalue weighted by atomic mass is 10.1. The Morgan fingerprint density at radius 2 is 2.32 bits per heavy atom. The maximum atomic E-state index is 12.1. The van der Waals surface area contributed by atoms with Gasteiger partial charge >= 0.3 is 0 Å². The van der Waals surface area contributed by atoms with Gasteiger partial charge < -0.3 is 15.4 Å². The van der Waals surface area contributed by atoms with Gasteiger partial charge in [-0.2, -0.15) is 0 Å². The summed E-state index contributed by atoms with van der Waals surface area (Å²) in [5.74, 6) is 0.0165. The van der Waals surface area contributed by atoms with E-state index >= 15 is 0 Å². The number of hydrogen-bond acceptors (Lipinski definition) is 3. The molecule has 0 radical (unpaired) electrons. The van der Waals surface area contributed by atoms with Crippen LogP contribution in [0, 0.1) is 0 Å². The van der Waals surface area contributed by atoms with Crippen LogP contribution in [0.1, 0.15) is 25.0 Å². The average molecular weight is 327 g/mol. The third-order valence-electron chi connectivity index (χ3n) is 3.39. The van der Waals surface area contributed by atoms with Crippen molar-refractivity contribution in [3.05, 3.63) is 34.3 Å². The largest absolute Gasteiger partial charge is 0.370 e. The lowest BCUT2D eigenvalue weighted by Crippen LogP contribution is -2.49. The fourth-order valence-electron chi connectivity index (χ4n) is 2.18. The number of rotatable bonds is 3. The number of halogens is 1. The Bertz CT molecular complexity index is 453. The summed E-state index contributed by atoms with van der Waals surface area (Å²) in [6.45, 7) is 3.66. The fourth-order valence-corrected chi connectivity index (χ4v) is 2.72. The zero-order chi connectivity index (χ0) is 13.8. The molecule has 1 saturated heterocycles. The van der Waals surface area contributed by atoms with E-state index in [0.29, 0.717) is 26.1 Å². The molecule has 1 fully saturated rings. The number of hydrogen-bond donors (Lipinski definition) is 1. The van der Waals surface area contributed by atoms with Crippen molar-refractivity contribution in [2.75, 3.05) is 19.7 Å². The summed E-state index contributed by atoms with van der Waals surface area (Å²) in [5.41, 5.74) is 6.89. The lowest BCUT2D eigenvalue weighted by molar-refractivity contribution is -0.140. The molecule has 0 unspecified atom stereocenters. The van der Waals surface area contributed by atoms with Crippen molar-refractivity contribution in [2.24, 2.45) is 5.73 Å². The van der Waals surface area contributed by atoms with E-state index in [1.54, 1.807) is 0 Å². The molecule has 0 aromatic heterocycles. The molecule has 5 heteroatoms. The summed E-state index contributed by atoms with van der Waals surface area (Å²) in [4.78, 5) is 13.9. The van der Waals surface area contributed by atoms with Crippen LogP contribution in [0.3, 0.4) is 0 Å². The third-order valence-corrected chi connectivity index (χ3v) is 4.11. The van der Waals surface area contributed by atoms with Crippen molar-refractivity contribution < 1.29 is 9.53 Å². The standard InChI is InChI=1S/C14H19BrN2O2/c1-2-12(16)14(18)17-7-8-19-13(9-17)10-5-3-4-6-11(10)15/h3-6,12-13H,2,7-9,16H2,1H3/t12-,13-/m1/s1. The number of nitrogens with two attached hydrogens (primary N) is 1. The molecular weight excluding hydrogens is 308 g/mol. The van der Waals surface area contributed by atoms with Crippen LogP contribution in [0.5, 0.6) is 0 Å². The number of carbonyl (C=O) groups is 1. The summed E-state index contributed by atoms with van der Waals surface area (Å²) >= 11 is 3.52. The summed E-state index contributed by atoms with van der Waals surface area (Å²) in [7, 11) is 0. The SMILES string of the molecule is CC[C@@H](N)C(=O)N1CCO[C@@H](c2ccccc2Br)C1. The average Bonchev–Trinajstić information content (AvgIpc) is 2.46. The maximum Gasteiger partial charge on any atom is 0.239 e. The first-order valence-electron chi connectivity index (χ1n) is 6.54. The minimum Gasteiger partial charge on any atom is -0.370 e. The second-order valence-corrected chi connectivity index (χ2v) is 5.53. The Balaban J connectivity index is 2.09. The quantitative estimate of drug-likeness (QED) is 0.925. The Labute approximate surface area is 122 Å². The minimum atomic E-state index is -0.405. The van der Waals surface area contributed by atoms with Gasteiger partial charge in [0.2, 0.25) is 5.91 Å². The molecule has 4 nitrogen and oxygen atoms in total.